The molecule has 9 heteroatoms. The number of nitrogens with zero attached hydrogens (tertiary/aromatic N) is 4. The van der Waals surface area contributed by atoms with Crippen LogP contribution >= 0.6 is 0 Å². The fraction of sp³-hybridized carbons (Fsp3) is 0.607. The van der Waals surface area contributed by atoms with Crippen molar-refractivity contribution in [3.63, 3.8) is 0 Å². The van der Waals surface area contributed by atoms with E-state index in [0.29, 0.717) is 25.7 Å². The predicted molar refractivity (Wildman–Crippen MR) is 145 cm³/mol. The molecule has 1 spiro atoms. The molecule has 1 aromatic heterocycles. The Morgan fingerprint density at radius 2 is 1.89 bits per heavy atom. The molecule has 5 N–H and O–H groups in total. The molecule has 2 aliphatic heterocycles. The van der Waals surface area contributed by atoms with Crippen molar-refractivity contribution < 1.29 is 9.90 Å². The maximum Gasteiger partial charge on any atom is 0.320 e. The first-order valence-electron chi connectivity index (χ1n) is 13.6. The smallest absolute Gasteiger partial charge is 0.320 e. The number of hydrogen-bond donors (Lipinski definition) is 4. The first-order chi connectivity index (χ1) is 17.8. The lowest BCUT2D eigenvalue weighted by molar-refractivity contribution is -0.143. The number of aromatic nitrogens is 2. The van der Waals surface area contributed by atoms with Crippen molar-refractivity contribution >= 4 is 11.8 Å². The van der Waals surface area contributed by atoms with Crippen LogP contribution in [0.2, 0.25) is 0 Å². The number of benzene rings is 1. The molecule has 3 heterocycles. The van der Waals surface area contributed by atoms with Gasteiger partial charge in [-0.05, 0) is 61.7 Å². The van der Waals surface area contributed by atoms with E-state index in [2.05, 4.69) is 62.8 Å². The van der Waals surface area contributed by atoms with Crippen LogP contribution in [-0.4, -0.2) is 79.8 Å². The number of hydrogen-bond acceptors (Lipinski definition) is 6. The zero-order valence-electron chi connectivity index (χ0n) is 22.3. The van der Waals surface area contributed by atoms with Gasteiger partial charge in [-0.1, -0.05) is 38.1 Å². The van der Waals surface area contributed by atoms with Gasteiger partial charge >= 0.3 is 5.97 Å². The van der Waals surface area contributed by atoms with Gasteiger partial charge in [-0.25, -0.2) is 4.98 Å². The van der Waals surface area contributed by atoms with E-state index < -0.39 is 5.97 Å². The third-order valence-corrected chi connectivity index (χ3v) is 8.32. The van der Waals surface area contributed by atoms with Crippen molar-refractivity contribution in [3.8, 4) is 0 Å². The highest BCUT2D eigenvalue weighted by Gasteiger charge is 2.49. The summed E-state index contributed by atoms with van der Waals surface area (Å²) in [4.78, 5) is 26.4. The van der Waals surface area contributed by atoms with Crippen LogP contribution < -0.4 is 5.73 Å². The van der Waals surface area contributed by atoms with Crippen LogP contribution in [0.1, 0.15) is 62.9 Å². The summed E-state index contributed by atoms with van der Waals surface area (Å²) >= 11 is 0. The van der Waals surface area contributed by atoms with Gasteiger partial charge < -0.3 is 15.8 Å². The minimum Gasteiger partial charge on any atom is -0.480 e. The second-order valence-corrected chi connectivity index (χ2v) is 11.0. The third kappa shape index (κ3) is 6.97. The molecule has 4 rings (SSSR count). The number of nitrogens with two attached hydrogens (primary N) is 1. The lowest BCUT2D eigenvalue weighted by Gasteiger charge is -2.40. The highest BCUT2D eigenvalue weighted by Crippen LogP contribution is 2.45. The summed E-state index contributed by atoms with van der Waals surface area (Å²) in [6.45, 7) is 9.92. The standard InChI is InChI=1S/C28H43N7O2/c1-3-23(4-2)35-20-28(15-24(35)27(36)37)9-13-33(14-10-28)16-21-5-7-22(8-6-21)17-34(18-25(29)30)19-26-31-11-12-32-26/h5-8,11-12,23-24H,3-4,9-10,13-20H2,1-2H3,(H3,29,30)(H,31,32)(H,36,37). The molecule has 0 saturated carbocycles. The predicted octanol–water partition coefficient (Wildman–Crippen LogP) is 3.28. The molecule has 2 fully saturated rings. The molecule has 2 aromatic rings. The number of carbonyl (C=O) groups is 1. The van der Waals surface area contributed by atoms with Gasteiger partial charge in [0.05, 0.1) is 13.1 Å². The number of rotatable bonds is 12. The summed E-state index contributed by atoms with van der Waals surface area (Å²) in [7, 11) is 0. The van der Waals surface area contributed by atoms with E-state index in [4.69, 9.17) is 11.1 Å². The van der Waals surface area contributed by atoms with Crippen molar-refractivity contribution in [2.45, 2.75) is 77.7 Å². The number of carboxylic acid groups (broad SMARTS) is 1. The summed E-state index contributed by atoms with van der Waals surface area (Å²) < 4.78 is 0. The summed E-state index contributed by atoms with van der Waals surface area (Å²) in [5, 5.41) is 17.6. The number of piperidine rings is 1. The van der Waals surface area contributed by atoms with Crippen molar-refractivity contribution in [3.05, 3.63) is 53.6 Å². The highest BCUT2D eigenvalue weighted by atomic mass is 16.4. The number of aliphatic carboxylic acids is 1. The average molecular weight is 510 g/mol. The molecule has 0 radical (unpaired) electrons. The van der Waals surface area contributed by atoms with Gasteiger partial charge in [0, 0.05) is 38.1 Å². The quantitative estimate of drug-likeness (QED) is 0.256. The van der Waals surface area contributed by atoms with E-state index in [1.165, 1.54) is 11.1 Å². The molecule has 2 saturated heterocycles. The van der Waals surface area contributed by atoms with Crippen LogP contribution in [0.3, 0.4) is 0 Å². The fourth-order valence-corrected chi connectivity index (χ4v) is 6.28. The minimum atomic E-state index is -0.655. The molecule has 1 aromatic carbocycles. The molecule has 2 aliphatic rings. The number of imidazole rings is 1. The van der Waals surface area contributed by atoms with Gasteiger partial charge in [-0.3, -0.25) is 24.9 Å². The van der Waals surface area contributed by atoms with Gasteiger partial charge in [0.25, 0.3) is 0 Å². The molecule has 0 bridgehead atoms. The molecule has 37 heavy (non-hydrogen) atoms. The molecular formula is C28H43N7O2. The van der Waals surface area contributed by atoms with Crippen LogP contribution in [0.25, 0.3) is 0 Å². The Balaban J connectivity index is 1.31. The number of nitrogens with one attached hydrogen (secondary N) is 2. The number of aromatic amines is 1. The lowest BCUT2D eigenvalue weighted by atomic mass is 9.76. The molecule has 202 valence electrons. The molecule has 0 amide bonds. The lowest BCUT2D eigenvalue weighted by Crippen LogP contribution is -2.44. The first-order valence-corrected chi connectivity index (χ1v) is 13.6. The second-order valence-electron chi connectivity index (χ2n) is 11.0. The Hall–Kier alpha value is -2.75. The first kappa shape index (κ1) is 27.3. The zero-order valence-corrected chi connectivity index (χ0v) is 22.3. The summed E-state index contributed by atoms with van der Waals surface area (Å²) in [6.07, 6.45) is 8.48. The average Bonchev–Trinajstić information content (AvgIpc) is 3.51. The Morgan fingerprint density at radius 1 is 1.22 bits per heavy atom. The largest absolute Gasteiger partial charge is 0.480 e. The molecule has 9 nitrogen and oxygen atoms in total. The van der Waals surface area contributed by atoms with Gasteiger partial charge in [0.15, 0.2) is 0 Å². The number of amidine groups is 1. The Labute approximate surface area is 220 Å². The zero-order chi connectivity index (χ0) is 26.4. The van der Waals surface area contributed by atoms with Crippen molar-refractivity contribution in [2.24, 2.45) is 11.1 Å². The summed E-state index contributed by atoms with van der Waals surface area (Å²) in [5.41, 5.74) is 8.29. The number of carboxylic acids is 1. The summed E-state index contributed by atoms with van der Waals surface area (Å²) in [6, 6.07) is 8.75. The van der Waals surface area contributed by atoms with E-state index >= 15 is 0 Å². The van der Waals surface area contributed by atoms with Gasteiger partial charge in [0.2, 0.25) is 0 Å². The Kier molecular flexibility index (Phi) is 9.00. The van der Waals surface area contributed by atoms with E-state index in [1.54, 1.807) is 12.4 Å². The minimum absolute atomic E-state index is 0.139. The van der Waals surface area contributed by atoms with Crippen LogP contribution in [0.4, 0.5) is 0 Å². The molecule has 1 unspecified atom stereocenters. The SMILES string of the molecule is CCC(CC)N1CC2(CCN(Cc3ccc(CN(CC(=N)N)Cc4ncc[nH]4)cc3)CC2)CC1C(=O)O. The van der Waals surface area contributed by atoms with Crippen LogP contribution in [-0.2, 0) is 24.4 Å². The van der Waals surface area contributed by atoms with Crippen molar-refractivity contribution in [1.82, 2.24) is 24.7 Å². The fourth-order valence-electron chi connectivity index (χ4n) is 6.28. The van der Waals surface area contributed by atoms with Crippen molar-refractivity contribution in [2.75, 3.05) is 26.2 Å². The van der Waals surface area contributed by atoms with E-state index in [9.17, 15) is 9.90 Å². The van der Waals surface area contributed by atoms with Crippen molar-refractivity contribution in [1.29, 1.82) is 5.41 Å². The maximum atomic E-state index is 12.0. The van der Waals surface area contributed by atoms with E-state index in [0.717, 1.165) is 64.1 Å². The van der Waals surface area contributed by atoms with Crippen LogP contribution in [0.15, 0.2) is 36.7 Å². The molecule has 0 aliphatic carbocycles. The number of H-pyrrole nitrogens is 1. The normalized spacial score (nSPS) is 20.3. The summed E-state index contributed by atoms with van der Waals surface area (Å²) in [5.74, 6) is 0.351. The topological polar surface area (TPSA) is 126 Å². The van der Waals surface area contributed by atoms with E-state index in [-0.39, 0.29) is 17.3 Å². The second kappa shape index (κ2) is 12.2. The van der Waals surface area contributed by atoms with Gasteiger partial charge in [0.1, 0.15) is 17.7 Å². The van der Waals surface area contributed by atoms with Crippen LogP contribution in [0, 0.1) is 10.8 Å². The molecular weight excluding hydrogens is 466 g/mol. The third-order valence-electron chi connectivity index (χ3n) is 8.32. The monoisotopic (exact) mass is 509 g/mol. The van der Waals surface area contributed by atoms with E-state index in [1.807, 2.05) is 0 Å². The Bertz CT molecular complexity index is 1010. The van der Waals surface area contributed by atoms with Gasteiger partial charge in [-0.2, -0.15) is 0 Å². The maximum absolute atomic E-state index is 12.0. The number of likely N-dealkylation sites (tertiary alicyclic amines) is 2. The Morgan fingerprint density at radius 3 is 2.46 bits per heavy atom. The molecule has 1 atom stereocenters. The van der Waals surface area contributed by atoms with Crippen LogP contribution in [0.5, 0.6) is 0 Å². The van der Waals surface area contributed by atoms with Gasteiger partial charge in [-0.15, -0.1) is 0 Å². The highest BCUT2D eigenvalue weighted by molar-refractivity contribution is 5.78.